The van der Waals surface area contributed by atoms with Crippen LogP contribution in [0.1, 0.15) is 49.9 Å². The van der Waals surface area contributed by atoms with Crippen molar-refractivity contribution < 1.29 is 0 Å². The predicted molar refractivity (Wildman–Crippen MR) is 297 cm³/mol. The van der Waals surface area contributed by atoms with Crippen LogP contribution in [0.2, 0.25) is 0 Å². The van der Waals surface area contributed by atoms with Crippen LogP contribution in [0.3, 0.4) is 0 Å². The molecule has 0 saturated carbocycles. The van der Waals surface area contributed by atoms with E-state index in [1.165, 1.54) is 88.3 Å². The molecule has 2 nitrogen and oxygen atoms in total. The van der Waals surface area contributed by atoms with Gasteiger partial charge in [-0.25, -0.2) is 0 Å². The highest BCUT2D eigenvalue weighted by molar-refractivity contribution is 6.22. The zero-order valence-corrected chi connectivity index (χ0v) is 40.0. The molecule has 0 N–H and O–H groups in total. The molecule has 11 aromatic rings. The van der Waals surface area contributed by atoms with Gasteiger partial charge in [0.15, 0.2) is 0 Å². The quantitative estimate of drug-likeness (QED) is 0.140. The Morgan fingerprint density at radius 3 is 1.03 bits per heavy atom. The number of rotatable bonds is 8. The van der Waals surface area contributed by atoms with Crippen molar-refractivity contribution in [1.82, 2.24) is 0 Å². The van der Waals surface area contributed by atoms with Crippen LogP contribution in [0.15, 0.2) is 243 Å². The molecule has 0 atom stereocenters. The molecule has 0 amide bonds. The monoisotopic (exact) mass is 896 g/mol. The topological polar surface area (TPSA) is 6.48 Å². The minimum Gasteiger partial charge on any atom is -0.311 e. The van der Waals surface area contributed by atoms with Crippen LogP contribution in [0, 0.1) is 0 Å². The van der Waals surface area contributed by atoms with Crippen molar-refractivity contribution >= 4 is 55.7 Å². The van der Waals surface area contributed by atoms with Crippen molar-refractivity contribution in [2.24, 2.45) is 0 Å². The van der Waals surface area contributed by atoms with E-state index in [9.17, 15) is 0 Å². The summed E-state index contributed by atoms with van der Waals surface area (Å²) in [5.41, 5.74) is 22.2. The summed E-state index contributed by atoms with van der Waals surface area (Å²) < 4.78 is 0. The van der Waals surface area contributed by atoms with Gasteiger partial charge in [-0.2, -0.15) is 0 Å². The smallest absolute Gasteiger partial charge is 0.0468 e. The van der Waals surface area contributed by atoms with Crippen molar-refractivity contribution in [3.8, 4) is 44.5 Å². The number of anilines is 6. The maximum Gasteiger partial charge on any atom is 0.0468 e. The maximum absolute atomic E-state index is 2.50. The highest BCUT2D eigenvalue weighted by atomic mass is 15.2. The molecule has 2 aliphatic rings. The van der Waals surface area contributed by atoms with E-state index in [-0.39, 0.29) is 10.8 Å². The highest BCUT2D eigenvalue weighted by Crippen LogP contribution is 2.54. The predicted octanol–water partition coefficient (Wildman–Crippen LogP) is 18.9. The molecule has 0 unspecified atom stereocenters. The van der Waals surface area contributed by atoms with Gasteiger partial charge in [0.2, 0.25) is 0 Å². The van der Waals surface area contributed by atoms with Crippen molar-refractivity contribution in [2.45, 2.75) is 38.5 Å². The van der Waals surface area contributed by atoms with Crippen LogP contribution >= 0.6 is 0 Å². The average Bonchev–Trinajstić information content (AvgIpc) is 3.78. The van der Waals surface area contributed by atoms with Gasteiger partial charge in [0, 0.05) is 45.0 Å². The fraction of sp³-hybridized carbons (Fsp3) is 0.0882. The zero-order valence-electron chi connectivity index (χ0n) is 40.0. The molecule has 0 heterocycles. The van der Waals surface area contributed by atoms with Crippen LogP contribution in [0.4, 0.5) is 34.1 Å². The van der Waals surface area contributed by atoms with Gasteiger partial charge in [-0.1, -0.05) is 185 Å². The van der Waals surface area contributed by atoms with Crippen LogP contribution in [-0.2, 0) is 10.8 Å². The van der Waals surface area contributed by atoms with Crippen molar-refractivity contribution in [3.05, 3.63) is 265 Å². The average molecular weight is 897 g/mol. The molecule has 11 aromatic carbocycles. The van der Waals surface area contributed by atoms with Gasteiger partial charge in [0.1, 0.15) is 0 Å². The third-order valence-corrected chi connectivity index (χ3v) is 15.4. The van der Waals surface area contributed by atoms with Crippen molar-refractivity contribution in [1.29, 1.82) is 0 Å². The molecular formula is C68H52N2. The second kappa shape index (κ2) is 16.1. The Bertz CT molecular complexity index is 3770. The Labute approximate surface area is 411 Å². The lowest BCUT2D eigenvalue weighted by Crippen LogP contribution is -2.15. The Kier molecular flexibility index (Phi) is 9.58. The second-order valence-electron chi connectivity index (χ2n) is 20.1. The zero-order chi connectivity index (χ0) is 47.1. The SMILES string of the molecule is CC1(C)c2ccccc2-c2ccc(-c3c4ccccc4c(-c4ccc5c(c4)C(C)(C)c4ccccc4-5)c4cc(N(c5ccccc5)c5ccc(N(c6ccccc6)c6ccccc6)cc5)ccc34)cc21. The summed E-state index contributed by atoms with van der Waals surface area (Å²) in [5.74, 6) is 0. The second-order valence-corrected chi connectivity index (χ2v) is 20.1. The fourth-order valence-corrected chi connectivity index (χ4v) is 12.0. The molecule has 70 heavy (non-hydrogen) atoms. The third kappa shape index (κ3) is 6.47. The first-order chi connectivity index (χ1) is 34.3. The molecule has 0 bridgehead atoms. The van der Waals surface area contributed by atoms with E-state index in [1.54, 1.807) is 0 Å². The lowest BCUT2D eigenvalue weighted by molar-refractivity contribution is 0.660. The molecule has 0 aliphatic heterocycles. The number of hydrogen-bond donors (Lipinski definition) is 0. The summed E-state index contributed by atoms with van der Waals surface area (Å²) in [6, 6.07) is 89.8. The normalized spacial score (nSPS) is 13.7. The van der Waals surface area contributed by atoms with Gasteiger partial charge in [-0.05, 0) is 173 Å². The first-order valence-electron chi connectivity index (χ1n) is 24.6. The number of para-hydroxylation sites is 3. The van der Waals surface area contributed by atoms with Gasteiger partial charge >= 0.3 is 0 Å². The number of fused-ring (bicyclic) bond motifs is 8. The molecular weight excluding hydrogens is 845 g/mol. The Hall–Kier alpha value is -8.46. The van der Waals surface area contributed by atoms with E-state index in [0.717, 1.165) is 34.1 Å². The summed E-state index contributed by atoms with van der Waals surface area (Å²) >= 11 is 0. The van der Waals surface area contributed by atoms with E-state index in [0.29, 0.717) is 0 Å². The summed E-state index contributed by atoms with van der Waals surface area (Å²) in [6.45, 7) is 9.53. The fourth-order valence-electron chi connectivity index (χ4n) is 12.0. The Morgan fingerprint density at radius 1 is 0.243 bits per heavy atom. The molecule has 0 saturated heterocycles. The first-order valence-corrected chi connectivity index (χ1v) is 24.6. The molecule has 2 heteroatoms. The van der Waals surface area contributed by atoms with Gasteiger partial charge < -0.3 is 9.80 Å². The lowest BCUT2D eigenvalue weighted by Gasteiger charge is -2.29. The van der Waals surface area contributed by atoms with Gasteiger partial charge in [-0.3, -0.25) is 0 Å². The summed E-state index contributed by atoms with van der Waals surface area (Å²) in [4.78, 5) is 4.73. The maximum atomic E-state index is 2.50. The molecule has 13 rings (SSSR count). The van der Waals surface area contributed by atoms with Crippen molar-refractivity contribution in [2.75, 3.05) is 9.80 Å². The van der Waals surface area contributed by atoms with Crippen LogP contribution in [0.25, 0.3) is 66.1 Å². The largest absolute Gasteiger partial charge is 0.311 e. The number of hydrogen-bond acceptors (Lipinski definition) is 2. The molecule has 0 radical (unpaired) electrons. The van der Waals surface area contributed by atoms with E-state index in [2.05, 4.69) is 280 Å². The molecule has 0 aromatic heterocycles. The molecule has 334 valence electrons. The highest BCUT2D eigenvalue weighted by Gasteiger charge is 2.37. The lowest BCUT2D eigenvalue weighted by atomic mass is 9.79. The summed E-state index contributed by atoms with van der Waals surface area (Å²) in [5, 5.41) is 4.96. The minimum absolute atomic E-state index is 0.125. The van der Waals surface area contributed by atoms with Crippen LogP contribution in [-0.4, -0.2) is 0 Å². The van der Waals surface area contributed by atoms with E-state index in [4.69, 9.17) is 0 Å². The molecule has 2 aliphatic carbocycles. The third-order valence-electron chi connectivity index (χ3n) is 15.4. The standard InChI is InChI=1S/C68H52N2/c1-67(2)61-30-18-16-26-53(61)55-39-32-45(42-63(55)67)65-57-28-14-15-29-58(57)66(46-33-40-56-54-27-17-19-31-62(54)68(3,4)64(56)43-46)60-44-52(38-41-59(60)65)70(49-24-12-7-13-25-49)51-36-34-50(35-37-51)69(47-20-8-5-9-21-47)48-22-10-6-11-23-48/h5-44H,1-4H3. The van der Waals surface area contributed by atoms with Crippen LogP contribution in [0.5, 0.6) is 0 Å². The Balaban J connectivity index is 1.04. The van der Waals surface area contributed by atoms with Gasteiger partial charge in [0.25, 0.3) is 0 Å². The molecule has 0 spiro atoms. The first kappa shape index (κ1) is 41.7. The van der Waals surface area contributed by atoms with E-state index < -0.39 is 0 Å². The number of nitrogens with zero attached hydrogens (tertiary/aromatic N) is 2. The van der Waals surface area contributed by atoms with Gasteiger partial charge in [-0.15, -0.1) is 0 Å². The van der Waals surface area contributed by atoms with Crippen LogP contribution < -0.4 is 9.80 Å². The van der Waals surface area contributed by atoms with E-state index >= 15 is 0 Å². The minimum atomic E-state index is -0.139. The van der Waals surface area contributed by atoms with Gasteiger partial charge in [0.05, 0.1) is 0 Å². The van der Waals surface area contributed by atoms with Crippen molar-refractivity contribution in [3.63, 3.8) is 0 Å². The Morgan fingerprint density at radius 2 is 0.571 bits per heavy atom. The summed E-state index contributed by atoms with van der Waals surface area (Å²) in [7, 11) is 0. The summed E-state index contributed by atoms with van der Waals surface area (Å²) in [6.07, 6.45) is 0. The van der Waals surface area contributed by atoms with E-state index in [1.807, 2.05) is 0 Å². The molecule has 0 fully saturated rings. The number of benzene rings is 11.